The summed E-state index contributed by atoms with van der Waals surface area (Å²) in [6.45, 7) is 5.96. The quantitative estimate of drug-likeness (QED) is 0.482. The molecular weight excluding hydrogens is 462 g/mol. The highest BCUT2D eigenvalue weighted by molar-refractivity contribution is 5.99. The predicted molar refractivity (Wildman–Crippen MR) is 150 cm³/mol. The molecule has 0 aromatic heterocycles. The Bertz CT molecular complexity index is 1180. The van der Waals surface area contributed by atoms with Crippen molar-refractivity contribution in [3.63, 3.8) is 0 Å². The van der Waals surface area contributed by atoms with E-state index in [4.69, 9.17) is 4.74 Å². The lowest BCUT2D eigenvalue weighted by atomic mass is 9.98. The highest BCUT2D eigenvalue weighted by Gasteiger charge is 2.34. The van der Waals surface area contributed by atoms with Crippen molar-refractivity contribution in [2.75, 3.05) is 45.7 Å². The molecule has 1 heterocycles. The van der Waals surface area contributed by atoms with Crippen LogP contribution in [-0.4, -0.2) is 73.8 Å². The first kappa shape index (κ1) is 26.7. The van der Waals surface area contributed by atoms with Crippen LogP contribution in [0.4, 0.5) is 5.69 Å². The number of likely N-dealkylation sites (N-methyl/N-ethyl adjacent to an activating group) is 1. The van der Waals surface area contributed by atoms with Gasteiger partial charge in [-0.1, -0.05) is 67.6 Å². The summed E-state index contributed by atoms with van der Waals surface area (Å²) < 4.78 is 6.67. The number of hydrogen-bond acceptors (Lipinski definition) is 5. The molecule has 6 nitrogen and oxygen atoms in total. The van der Waals surface area contributed by atoms with Crippen LogP contribution in [0.25, 0.3) is 11.1 Å². The maximum absolute atomic E-state index is 13.5. The maximum Gasteiger partial charge on any atom is 0.258 e. The van der Waals surface area contributed by atoms with E-state index in [0.717, 1.165) is 12.2 Å². The van der Waals surface area contributed by atoms with Crippen molar-refractivity contribution in [2.45, 2.75) is 32.5 Å². The summed E-state index contributed by atoms with van der Waals surface area (Å²) in [5.74, 6) is 0.589. The number of benzene rings is 3. The van der Waals surface area contributed by atoms with Gasteiger partial charge >= 0.3 is 0 Å². The van der Waals surface area contributed by atoms with Gasteiger partial charge in [-0.25, -0.2) is 0 Å². The van der Waals surface area contributed by atoms with Crippen molar-refractivity contribution in [3.8, 4) is 16.9 Å². The Morgan fingerprint density at radius 3 is 2.30 bits per heavy atom. The highest BCUT2D eigenvalue weighted by atomic mass is 16.5. The van der Waals surface area contributed by atoms with E-state index in [0.29, 0.717) is 24.4 Å². The van der Waals surface area contributed by atoms with Gasteiger partial charge in [0.05, 0.1) is 23.9 Å². The van der Waals surface area contributed by atoms with Gasteiger partial charge in [0.1, 0.15) is 6.10 Å². The van der Waals surface area contributed by atoms with Crippen LogP contribution < -0.4 is 9.64 Å². The molecule has 0 fully saturated rings. The summed E-state index contributed by atoms with van der Waals surface area (Å²) in [6, 6.07) is 24.5. The molecule has 0 bridgehead atoms. The van der Waals surface area contributed by atoms with Gasteiger partial charge in [0.15, 0.2) is 5.75 Å². The molecule has 0 aliphatic carbocycles. The van der Waals surface area contributed by atoms with Crippen LogP contribution in [0, 0.1) is 5.92 Å². The van der Waals surface area contributed by atoms with E-state index in [2.05, 4.69) is 67.4 Å². The lowest BCUT2D eigenvalue weighted by molar-refractivity contribution is 0.0343. The van der Waals surface area contributed by atoms with Crippen LogP contribution in [0.5, 0.6) is 5.75 Å². The molecule has 4 rings (SSSR count). The van der Waals surface area contributed by atoms with Crippen LogP contribution in [0.2, 0.25) is 0 Å². The van der Waals surface area contributed by atoms with E-state index in [1.165, 1.54) is 16.7 Å². The van der Waals surface area contributed by atoms with Crippen LogP contribution >= 0.6 is 0 Å². The summed E-state index contributed by atoms with van der Waals surface area (Å²) in [5.41, 5.74) is 5.08. The SMILES string of the molecule is C[C@@H]1CN([C@@H](C)CO)C(=O)c2cccc(N(C)C)c2O[C@@H]1CN(C)Cc1ccc(-c2ccccc2)cc1. The first-order chi connectivity index (χ1) is 17.8. The standard InChI is InChI=1S/C31H39N3O3/c1-22-18-34(23(2)21-35)31(36)27-12-9-13-28(32(3)4)30(27)37-29(22)20-33(5)19-24-14-16-26(17-15-24)25-10-7-6-8-11-25/h6-17,22-23,29,35H,18-21H2,1-5H3/t22-,23+,29-/m1/s1. The Morgan fingerprint density at radius 2 is 1.65 bits per heavy atom. The largest absolute Gasteiger partial charge is 0.486 e. The molecule has 6 heteroatoms. The van der Waals surface area contributed by atoms with Gasteiger partial charge in [-0.15, -0.1) is 0 Å². The van der Waals surface area contributed by atoms with Crippen molar-refractivity contribution < 1.29 is 14.6 Å². The molecule has 3 atom stereocenters. The first-order valence-electron chi connectivity index (χ1n) is 13.0. The molecule has 3 aromatic carbocycles. The molecule has 0 radical (unpaired) electrons. The second-order valence-corrected chi connectivity index (χ2v) is 10.4. The second-order valence-electron chi connectivity index (χ2n) is 10.4. The van der Waals surface area contributed by atoms with Gasteiger partial charge in [-0.2, -0.15) is 0 Å². The number of rotatable bonds is 8. The molecular formula is C31H39N3O3. The molecule has 1 aliphatic heterocycles. The third-order valence-corrected chi connectivity index (χ3v) is 7.16. The predicted octanol–water partition coefficient (Wildman–Crippen LogP) is 4.77. The number of para-hydroxylation sites is 1. The Hall–Kier alpha value is -3.35. The van der Waals surface area contributed by atoms with Crippen LogP contribution in [0.3, 0.4) is 0 Å². The third kappa shape index (κ3) is 6.14. The molecule has 0 saturated carbocycles. The normalized spacial score (nSPS) is 18.6. The number of hydrogen-bond donors (Lipinski definition) is 1. The molecule has 0 saturated heterocycles. The zero-order valence-electron chi connectivity index (χ0n) is 22.6. The van der Waals surface area contributed by atoms with Gasteiger partial charge in [0.2, 0.25) is 0 Å². The van der Waals surface area contributed by atoms with Gasteiger partial charge < -0.3 is 19.6 Å². The number of ether oxygens (including phenoxy) is 1. The monoisotopic (exact) mass is 501 g/mol. The Kier molecular flexibility index (Phi) is 8.52. The molecule has 0 unspecified atom stereocenters. The molecule has 3 aromatic rings. The van der Waals surface area contributed by atoms with Crippen molar-refractivity contribution >= 4 is 11.6 Å². The van der Waals surface area contributed by atoms with E-state index in [9.17, 15) is 9.90 Å². The molecule has 1 amide bonds. The summed E-state index contributed by atoms with van der Waals surface area (Å²) >= 11 is 0. The fraction of sp³-hybridized carbons (Fsp3) is 0.387. The average Bonchev–Trinajstić information content (AvgIpc) is 2.90. The second kappa shape index (κ2) is 11.8. The topological polar surface area (TPSA) is 56.3 Å². The summed E-state index contributed by atoms with van der Waals surface area (Å²) in [5, 5.41) is 9.87. The Morgan fingerprint density at radius 1 is 0.973 bits per heavy atom. The smallest absolute Gasteiger partial charge is 0.258 e. The number of carbonyl (C=O) groups excluding carboxylic acids is 1. The third-order valence-electron chi connectivity index (χ3n) is 7.16. The number of nitrogens with zero attached hydrogens (tertiary/aromatic N) is 3. The van der Waals surface area contributed by atoms with E-state index < -0.39 is 0 Å². The number of amides is 1. The number of carbonyl (C=O) groups is 1. The number of fused-ring (bicyclic) bond motifs is 1. The van der Waals surface area contributed by atoms with E-state index in [1.807, 2.05) is 50.2 Å². The Balaban J connectivity index is 1.55. The van der Waals surface area contributed by atoms with Gasteiger partial charge in [-0.3, -0.25) is 9.69 Å². The number of aliphatic hydroxyl groups is 1. The van der Waals surface area contributed by atoms with Crippen molar-refractivity contribution in [3.05, 3.63) is 83.9 Å². The van der Waals surface area contributed by atoms with E-state index >= 15 is 0 Å². The van der Waals surface area contributed by atoms with Crippen LogP contribution in [0.1, 0.15) is 29.8 Å². The lowest BCUT2D eigenvalue weighted by Gasteiger charge is -2.39. The minimum atomic E-state index is -0.273. The van der Waals surface area contributed by atoms with Crippen LogP contribution in [-0.2, 0) is 6.54 Å². The summed E-state index contributed by atoms with van der Waals surface area (Å²) in [7, 11) is 6.03. The lowest BCUT2D eigenvalue weighted by Crippen LogP contribution is -2.49. The molecule has 196 valence electrons. The minimum Gasteiger partial charge on any atom is -0.486 e. The first-order valence-corrected chi connectivity index (χ1v) is 13.0. The number of anilines is 1. The summed E-state index contributed by atoms with van der Waals surface area (Å²) in [4.78, 5) is 19.6. The minimum absolute atomic E-state index is 0.0734. The fourth-order valence-electron chi connectivity index (χ4n) is 4.91. The van der Waals surface area contributed by atoms with Crippen molar-refractivity contribution in [1.82, 2.24) is 9.80 Å². The van der Waals surface area contributed by atoms with E-state index in [1.54, 1.807) is 4.90 Å². The molecule has 0 spiro atoms. The van der Waals surface area contributed by atoms with Gasteiger partial charge in [0, 0.05) is 39.6 Å². The van der Waals surface area contributed by atoms with Crippen molar-refractivity contribution in [1.29, 1.82) is 0 Å². The van der Waals surface area contributed by atoms with Gasteiger partial charge in [0.25, 0.3) is 5.91 Å². The number of aliphatic hydroxyl groups excluding tert-OH is 1. The summed E-state index contributed by atoms with van der Waals surface area (Å²) in [6.07, 6.45) is -0.130. The average molecular weight is 502 g/mol. The molecule has 1 aliphatic rings. The van der Waals surface area contributed by atoms with Crippen molar-refractivity contribution in [2.24, 2.45) is 5.92 Å². The van der Waals surface area contributed by atoms with Crippen LogP contribution in [0.15, 0.2) is 72.8 Å². The molecule has 1 N–H and O–H groups in total. The highest BCUT2D eigenvalue weighted by Crippen LogP contribution is 2.36. The molecule has 37 heavy (non-hydrogen) atoms. The zero-order chi connectivity index (χ0) is 26.5. The zero-order valence-corrected chi connectivity index (χ0v) is 22.6. The Labute approximate surface area is 221 Å². The fourth-order valence-corrected chi connectivity index (χ4v) is 4.91. The van der Waals surface area contributed by atoms with E-state index in [-0.39, 0.29) is 30.6 Å². The maximum atomic E-state index is 13.5. The van der Waals surface area contributed by atoms with Gasteiger partial charge in [-0.05, 0) is 42.8 Å².